The van der Waals surface area contributed by atoms with Gasteiger partial charge in [-0.05, 0) is 49.2 Å². The molecule has 160 valence electrons. The highest BCUT2D eigenvalue weighted by atomic mass is 35.5. The molecule has 2 aliphatic heterocycles. The van der Waals surface area contributed by atoms with Crippen molar-refractivity contribution < 1.29 is 17.9 Å². The second-order valence-electron chi connectivity index (χ2n) is 7.29. The molecule has 10 heteroatoms. The summed E-state index contributed by atoms with van der Waals surface area (Å²) < 4.78 is 33.2. The van der Waals surface area contributed by atoms with Gasteiger partial charge in [0.1, 0.15) is 18.4 Å². The standard InChI is InChI=1S/C21H18ClN3O4S2/c22-13-7-9-14(10-8-13)31(27,28)25-11-3-5-16(25)20(26)24-21-23-19-15-4-1-2-6-17(15)29-12-18(19)30-21/h1-2,4,6-10,16H,3,5,11-12H2,(H,23,24,26). The summed E-state index contributed by atoms with van der Waals surface area (Å²) in [4.78, 5) is 18.6. The number of nitrogens with zero attached hydrogens (tertiary/aromatic N) is 2. The summed E-state index contributed by atoms with van der Waals surface area (Å²) >= 11 is 7.22. The van der Waals surface area contributed by atoms with E-state index in [1.54, 1.807) is 0 Å². The van der Waals surface area contributed by atoms with Gasteiger partial charge < -0.3 is 10.1 Å². The smallest absolute Gasteiger partial charge is 0.244 e. The van der Waals surface area contributed by atoms with Gasteiger partial charge in [-0.15, -0.1) is 0 Å². The molecule has 1 atom stereocenters. The molecule has 0 spiro atoms. The Kier molecular flexibility index (Phi) is 5.21. The van der Waals surface area contributed by atoms with E-state index in [1.165, 1.54) is 39.9 Å². The molecule has 2 aromatic carbocycles. The van der Waals surface area contributed by atoms with Crippen LogP contribution in [-0.2, 0) is 21.4 Å². The minimum absolute atomic E-state index is 0.120. The molecule has 0 radical (unpaired) electrons. The Morgan fingerprint density at radius 1 is 1.19 bits per heavy atom. The van der Waals surface area contributed by atoms with Gasteiger partial charge >= 0.3 is 0 Å². The number of ether oxygens (including phenoxy) is 1. The summed E-state index contributed by atoms with van der Waals surface area (Å²) in [6.45, 7) is 0.680. The number of anilines is 1. The first-order valence-electron chi connectivity index (χ1n) is 9.74. The number of thiazole rings is 1. The first-order chi connectivity index (χ1) is 14.9. The number of sulfonamides is 1. The van der Waals surface area contributed by atoms with E-state index in [0.717, 1.165) is 21.9 Å². The Hall–Kier alpha value is -2.46. The van der Waals surface area contributed by atoms with Crippen LogP contribution in [-0.4, -0.2) is 36.2 Å². The van der Waals surface area contributed by atoms with Gasteiger partial charge in [-0.2, -0.15) is 4.31 Å². The monoisotopic (exact) mass is 475 g/mol. The highest BCUT2D eigenvalue weighted by Crippen LogP contribution is 2.41. The van der Waals surface area contributed by atoms with Gasteiger partial charge in [-0.1, -0.05) is 35.1 Å². The molecule has 1 aromatic heterocycles. The second-order valence-corrected chi connectivity index (χ2v) is 10.7. The van der Waals surface area contributed by atoms with Crippen molar-refractivity contribution in [2.45, 2.75) is 30.4 Å². The van der Waals surface area contributed by atoms with Crippen molar-refractivity contribution >= 4 is 44.0 Å². The molecule has 1 saturated heterocycles. The lowest BCUT2D eigenvalue weighted by Gasteiger charge is -2.23. The molecule has 5 rings (SSSR count). The van der Waals surface area contributed by atoms with Crippen LogP contribution in [0.3, 0.4) is 0 Å². The van der Waals surface area contributed by atoms with Gasteiger partial charge in [0.25, 0.3) is 0 Å². The Morgan fingerprint density at radius 3 is 2.77 bits per heavy atom. The van der Waals surface area contributed by atoms with Crippen LogP contribution in [0.1, 0.15) is 17.7 Å². The minimum Gasteiger partial charge on any atom is -0.487 e. The molecule has 3 aromatic rings. The van der Waals surface area contributed by atoms with Crippen molar-refractivity contribution in [2.75, 3.05) is 11.9 Å². The Bertz CT molecular complexity index is 1260. The van der Waals surface area contributed by atoms with Crippen molar-refractivity contribution in [3.8, 4) is 17.0 Å². The average molecular weight is 476 g/mol. The molecule has 1 amide bonds. The summed E-state index contributed by atoms with van der Waals surface area (Å²) in [6.07, 6.45) is 1.07. The lowest BCUT2D eigenvalue weighted by atomic mass is 10.1. The Morgan fingerprint density at radius 2 is 1.97 bits per heavy atom. The lowest BCUT2D eigenvalue weighted by molar-refractivity contribution is -0.119. The van der Waals surface area contributed by atoms with E-state index in [2.05, 4.69) is 10.3 Å². The summed E-state index contributed by atoms with van der Waals surface area (Å²) in [5.41, 5.74) is 1.67. The van der Waals surface area contributed by atoms with Crippen molar-refractivity contribution in [1.82, 2.24) is 9.29 Å². The maximum Gasteiger partial charge on any atom is 0.244 e. The zero-order chi connectivity index (χ0) is 21.6. The quantitative estimate of drug-likeness (QED) is 0.612. The molecule has 0 bridgehead atoms. The third-order valence-corrected chi connectivity index (χ3v) is 8.47. The number of carbonyl (C=O) groups is 1. The van der Waals surface area contributed by atoms with Crippen LogP contribution in [0.25, 0.3) is 11.3 Å². The number of fused-ring (bicyclic) bond motifs is 3. The second kappa shape index (κ2) is 7.90. The molecule has 0 saturated carbocycles. The van der Waals surface area contributed by atoms with Gasteiger partial charge in [-0.25, -0.2) is 13.4 Å². The molecule has 3 heterocycles. The zero-order valence-electron chi connectivity index (χ0n) is 16.2. The summed E-state index contributed by atoms with van der Waals surface area (Å²) in [7, 11) is -3.81. The number of amides is 1. The van der Waals surface area contributed by atoms with E-state index in [0.29, 0.717) is 36.1 Å². The van der Waals surface area contributed by atoms with E-state index < -0.39 is 16.1 Å². The fourth-order valence-electron chi connectivity index (χ4n) is 3.87. The molecule has 0 aliphatic carbocycles. The van der Waals surface area contributed by atoms with E-state index >= 15 is 0 Å². The van der Waals surface area contributed by atoms with Crippen LogP contribution >= 0.6 is 22.9 Å². The van der Waals surface area contributed by atoms with Gasteiger partial charge in [0.2, 0.25) is 15.9 Å². The third kappa shape index (κ3) is 3.71. The van der Waals surface area contributed by atoms with E-state index in [1.807, 2.05) is 24.3 Å². The van der Waals surface area contributed by atoms with Crippen molar-refractivity contribution in [3.63, 3.8) is 0 Å². The maximum atomic E-state index is 13.1. The number of carbonyl (C=O) groups excluding carboxylic acids is 1. The first kappa shape index (κ1) is 20.4. The van der Waals surface area contributed by atoms with Crippen LogP contribution in [0, 0.1) is 0 Å². The largest absolute Gasteiger partial charge is 0.487 e. The Labute approximate surface area is 188 Å². The third-order valence-electron chi connectivity index (χ3n) is 5.35. The van der Waals surface area contributed by atoms with E-state index in [4.69, 9.17) is 16.3 Å². The summed E-state index contributed by atoms with van der Waals surface area (Å²) in [6, 6.07) is 12.8. The van der Waals surface area contributed by atoms with Gasteiger partial charge in [0, 0.05) is 17.1 Å². The maximum absolute atomic E-state index is 13.1. The summed E-state index contributed by atoms with van der Waals surface area (Å²) in [5, 5.41) is 3.71. The van der Waals surface area contributed by atoms with Crippen LogP contribution in [0.15, 0.2) is 53.4 Å². The highest BCUT2D eigenvalue weighted by Gasteiger charge is 2.39. The fourth-order valence-corrected chi connectivity index (χ4v) is 6.54. The van der Waals surface area contributed by atoms with E-state index in [9.17, 15) is 13.2 Å². The number of hydrogen-bond donors (Lipinski definition) is 1. The van der Waals surface area contributed by atoms with Crippen molar-refractivity contribution in [2.24, 2.45) is 0 Å². The molecule has 1 fully saturated rings. The lowest BCUT2D eigenvalue weighted by Crippen LogP contribution is -2.43. The zero-order valence-corrected chi connectivity index (χ0v) is 18.6. The first-order valence-corrected chi connectivity index (χ1v) is 12.4. The van der Waals surface area contributed by atoms with Gasteiger partial charge in [0.15, 0.2) is 5.13 Å². The highest BCUT2D eigenvalue weighted by molar-refractivity contribution is 7.89. The van der Waals surface area contributed by atoms with Gasteiger partial charge in [0.05, 0.1) is 15.5 Å². The fraction of sp³-hybridized carbons (Fsp3) is 0.238. The molecular formula is C21H18ClN3O4S2. The Balaban J connectivity index is 1.37. The molecular weight excluding hydrogens is 458 g/mol. The average Bonchev–Trinajstić information content (AvgIpc) is 3.41. The SMILES string of the molecule is O=C(Nc1nc2c(s1)COc1ccccc1-2)C1CCCN1S(=O)(=O)c1ccc(Cl)cc1. The predicted molar refractivity (Wildman–Crippen MR) is 119 cm³/mol. The van der Waals surface area contributed by atoms with Crippen LogP contribution < -0.4 is 10.1 Å². The number of nitrogens with one attached hydrogen (secondary N) is 1. The molecule has 1 N–H and O–H groups in total. The minimum atomic E-state index is -3.81. The number of benzene rings is 2. The normalized spacial score (nSPS) is 18.2. The topological polar surface area (TPSA) is 88.6 Å². The number of aromatic nitrogens is 1. The molecule has 7 nitrogen and oxygen atoms in total. The van der Waals surface area contributed by atoms with Gasteiger partial charge in [-0.3, -0.25) is 4.79 Å². The number of hydrogen-bond acceptors (Lipinski definition) is 6. The predicted octanol–water partition coefficient (Wildman–Crippen LogP) is 4.15. The molecule has 2 aliphatic rings. The van der Waals surface area contributed by atoms with Crippen LogP contribution in [0.5, 0.6) is 5.75 Å². The van der Waals surface area contributed by atoms with Crippen molar-refractivity contribution in [1.29, 1.82) is 0 Å². The number of para-hydroxylation sites is 1. The number of halogens is 1. The van der Waals surface area contributed by atoms with Crippen LogP contribution in [0.2, 0.25) is 5.02 Å². The van der Waals surface area contributed by atoms with Crippen LogP contribution in [0.4, 0.5) is 5.13 Å². The number of rotatable bonds is 4. The molecule has 31 heavy (non-hydrogen) atoms. The summed E-state index contributed by atoms with van der Waals surface area (Å²) in [5.74, 6) is 0.379. The van der Waals surface area contributed by atoms with E-state index in [-0.39, 0.29) is 10.8 Å². The molecule has 1 unspecified atom stereocenters. The van der Waals surface area contributed by atoms with Crippen molar-refractivity contribution in [3.05, 3.63) is 58.4 Å².